The van der Waals surface area contributed by atoms with Gasteiger partial charge >= 0.3 is 0 Å². The van der Waals surface area contributed by atoms with Gasteiger partial charge in [0.05, 0.1) is 11.5 Å². The van der Waals surface area contributed by atoms with Gasteiger partial charge in [-0.25, -0.2) is 0 Å². The predicted molar refractivity (Wildman–Crippen MR) is 57.1 cm³/mol. The third-order valence-corrected chi connectivity index (χ3v) is 3.06. The maximum Gasteiger partial charge on any atom is 0.170 e. The topological polar surface area (TPSA) is 26.3 Å². The zero-order chi connectivity index (χ0) is 10.8. The number of rotatable bonds is 4. The third kappa shape index (κ3) is 1.55. The molecule has 1 fully saturated rings. The zero-order valence-corrected chi connectivity index (χ0v) is 8.95. The molecule has 2 heteroatoms. The number of allylic oxidation sites excluding steroid dienone is 2. The summed E-state index contributed by atoms with van der Waals surface area (Å²) < 4.78 is 5.55. The first-order valence-electron chi connectivity index (χ1n) is 5.00. The molecule has 0 N–H and O–H groups in total. The molecule has 2 atom stereocenters. The van der Waals surface area contributed by atoms with Gasteiger partial charge in [-0.2, -0.15) is 0 Å². The lowest BCUT2D eigenvalue weighted by atomic mass is 9.74. The van der Waals surface area contributed by atoms with E-state index in [1.165, 1.54) is 0 Å². The molecule has 2 unspecified atom stereocenters. The highest BCUT2D eigenvalue weighted by atomic mass is 16.5. The Morgan fingerprint density at radius 3 is 2.14 bits per heavy atom. The third-order valence-electron chi connectivity index (χ3n) is 3.06. The van der Waals surface area contributed by atoms with Crippen LogP contribution in [0.5, 0.6) is 0 Å². The van der Waals surface area contributed by atoms with E-state index in [4.69, 9.17) is 4.74 Å². The molecule has 78 valence electrons. The lowest BCUT2D eigenvalue weighted by Crippen LogP contribution is -2.35. The average Bonchev–Trinajstić information content (AvgIpc) is 2.33. The van der Waals surface area contributed by atoms with Crippen LogP contribution in [0.3, 0.4) is 0 Å². The molecule has 2 nitrogen and oxygen atoms in total. The summed E-state index contributed by atoms with van der Waals surface area (Å²) in [5, 5.41) is 0. The quantitative estimate of drug-likeness (QED) is 0.643. The van der Waals surface area contributed by atoms with E-state index in [1.807, 2.05) is 13.8 Å². The Labute approximate surface area is 85.6 Å². The van der Waals surface area contributed by atoms with Crippen molar-refractivity contribution in [2.75, 3.05) is 0 Å². The van der Waals surface area contributed by atoms with Gasteiger partial charge in [-0.05, 0) is 26.7 Å². The van der Waals surface area contributed by atoms with Gasteiger partial charge in [0.15, 0.2) is 5.78 Å². The summed E-state index contributed by atoms with van der Waals surface area (Å²) in [7, 11) is 0. The van der Waals surface area contributed by atoms with Crippen molar-refractivity contribution < 1.29 is 9.53 Å². The van der Waals surface area contributed by atoms with Gasteiger partial charge in [0.2, 0.25) is 0 Å². The van der Waals surface area contributed by atoms with Gasteiger partial charge in [-0.1, -0.05) is 12.2 Å². The second kappa shape index (κ2) is 4.09. The van der Waals surface area contributed by atoms with Crippen LogP contribution in [0.2, 0.25) is 0 Å². The van der Waals surface area contributed by atoms with E-state index in [-0.39, 0.29) is 18.0 Å². The minimum absolute atomic E-state index is 0.0407. The van der Waals surface area contributed by atoms with Crippen molar-refractivity contribution in [3.8, 4) is 0 Å². The fraction of sp³-hybridized carbons (Fsp3) is 0.583. The van der Waals surface area contributed by atoms with Crippen molar-refractivity contribution in [2.45, 2.75) is 38.9 Å². The first-order chi connectivity index (χ1) is 6.58. The summed E-state index contributed by atoms with van der Waals surface area (Å²) in [6.45, 7) is 11.2. The van der Waals surface area contributed by atoms with Crippen LogP contribution in [0.25, 0.3) is 0 Å². The molecule has 0 saturated carbocycles. The van der Waals surface area contributed by atoms with Crippen molar-refractivity contribution in [1.82, 2.24) is 0 Å². The Kier molecular flexibility index (Phi) is 3.27. The van der Waals surface area contributed by atoms with Crippen molar-refractivity contribution in [2.24, 2.45) is 5.41 Å². The van der Waals surface area contributed by atoms with Crippen molar-refractivity contribution >= 4 is 5.78 Å². The molecular formula is C12H18O2. The van der Waals surface area contributed by atoms with E-state index in [0.29, 0.717) is 12.8 Å². The van der Waals surface area contributed by atoms with Crippen LogP contribution >= 0.6 is 0 Å². The lowest BCUT2D eigenvalue weighted by Gasteiger charge is -2.27. The van der Waals surface area contributed by atoms with Gasteiger partial charge < -0.3 is 4.74 Å². The maximum absolute atomic E-state index is 12.0. The number of hydrogen-bond acceptors (Lipinski definition) is 2. The summed E-state index contributed by atoms with van der Waals surface area (Å²) in [5.74, 6) is 0.185. The van der Waals surface area contributed by atoms with Gasteiger partial charge in [0, 0.05) is 0 Å². The summed E-state index contributed by atoms with van der Waals surface area (Å²) >= 11 is 0. The molecule has 14 heavy (non-hydrogen) atoms. The molecule has 1 rings (SSSR count). The summed E-state index contributed by atoms with van der Waals surface area (Å²) in [6, 6.07) is 0. The maximum atomic E-state index is 12.0. The largest absolute Gasteiger partial charge is 0.367 e. The molecule has 0 spiro atoms. The number of carbonyl (C=O) groups excluding carboxylic acids is 1. The molecular weight excluding hydrogens is 176 g/mol. The van der Waals surface area contributed by atoms with Crippen LogP contribution in [0.4, 0.5) is 0 Å². The molecule has 0 aliphatic carbocycles. The van der Waals surface area contributed by atoms with Crippen molar-refractivity contribution in [3.05, 3.63) is 25.3 Å². The highest BCUT2D eigenvalue weighted by Gasteiger charge is 2.50. The number of hydrogen-bond donors (Lipinski definition) is 0. The molecule has 1 saturated heterocycles. The zero-order valence-electron chi connectivity index (χ0n) is 8.95. The van der Waals surface area contributed by atoms with Crippen molar-refractivity contribution in [1.29, 1.82) is 0 Å². The van der Waals surface area contributed by atoms with Crippen LogP contribution in [-0.2, 0) is 9.53 Å². The molecule has 0 bridgehead atoms. The number of ketones is 1. The van der Waals surface area contributed by atoms with Crippen LogP contribution in [0.15, 0.2) is 25.3 Å². The Morgan fingerprint density at radius 2 is 1.86 bits per heavy atom. The minimum atomic E-state index is -0.414. The fourth-order valence-corrected chi connectivity index (χ4v) is 2.23. The van der Waals surface area contributed by atoms with E-state index in [1.54, 1.807) is 12.2 Å². The monoisotopic (exact) mass is 194 g/mol. The van der Waals surface area contributed by atoms with Crippen LogP contribution in [-0.4, -0.2) is 18.0 Å². The number of carbonyl (C=O) groups is 1. The molecule has 1 aliphatic heterocycles. The highest BCUT2D eigenvalue weighted by Crippen LogP contribution is 2.41. The van der Waals surface area contributed by atoms with E-state index in [2.05, 4.69) is 13.2 Å². The van der Waals surface area contributed by atoms with E-state index < -0.39 is 5.41 Å². The second-order valence-corrected chi connectivity index (χ2v) is 3.93. The molecule has 0 aromatic carbocycles. The normalized spacial score (nSPS) is 30.3. The summed E-state index contributed by atoms with van der Waals surface area (Å²) in [6.07, 6.45) is 4.59. The number of ether oxygens (including phenoxy) is 1. The first-order valence-corrected chi connectivity index (χ1v) is 5.00. The Bertz CT molecular complexity index is 245. The summed E-state index contributed by atoms with van der Waals surface area (Å²) in [4.78, 5) is 12.0. The van der Waals surface area contributed by atoms with Crippen molar-refractivity contribution in [3.63, 3.8) is 0 Å². The smallest absolute Gasteiger partial charge is 0.170 e. The van der Waals surface area contributed by atoms with E-state index >= 15 is 0 Å². The van der Waals surface area contributed by atoms with Gasteiger partial charge in [-0.3, -0.25) is 4.79 Å². The van der Waals surface area contributed by atoms with E-state index in [9.17, 15) is 4.79 Å². The summed E-state index contributed by atoms with van der Waals surface area (Å²) in [5.41, 5.74) is -0.414. The molecule has 0 radical (unpaired) electrons. The van der Waals surface area contributed by atoms with Gasteiger partial charge in [-0.15, -0.1) is 13.2 Å². The lowest BCUT2D eigenvalue weighted by molar-refractivity contribution is -0.127. The standard InChI is InChI=1S/C12H18O2/c1-5-7-12(8-6-2)10(4)14-9(3)11(12)13/h5-6,9-10H,1-2,7-8H2,3-4H3. The Morgan fingerprint density at radius 1 is 1.36 bits per heavy atom. The second-order valence-electron chi connectivity index (χ2n) is 3.93. The van der Waals surface area contributed by atoms with Gasteiger partial charge in [0.25, 0.3) is 0 Å². The fourth-order valence-electron chi connectivity index (χ4n) is 2.23. The average molecular weight is 194 g/mol. The molecule has 1 aliphatic rings. The SMILES string of the molecule is C=CCC1(CC=C)C(=O)C(C)OC1C. The first kappa shape index (κ1) is 11.2. The number of Topliss-reactive ketones (excluding diaryl/α,β-unsaturated/α-hetero) is 1. The Hall–Kier alpha value is -0.890. The molecule has 0 aromatic rings. The van der Waals surface area contributed by atoms with Crippen LogP contribution in [0, 0.1) is 5.41 Å². The van der Waals surface area contributed by atoms with E-state index in [0.717, 1.165) is 0 Å². The van der Waals surface area contributed by atoms with Crippen LogP contribution < -0.4 is 0 Å². The Balaban J connectivity index is 2.99. The minimum Gasteiger partial charge on any atom is -0.367 e. The van der Waals surface area contributed by atoms with Crippen LogP contribution in [0.1, 0.15) is 26.7 Å². The molecule has 0 amide bonds. The predicted octanol–water partition coefficient (Wildman–Crippen LogP) is 2.50. The highest BCUT2D eigenvalue weighted by molar-refractivity contribution is 5.91. The molecule has 0 aromatic heterocycles. The van der Waals surface area contributed by atoms with Gasteiger partial charge in [0.1, 0.15) is 6.10 Å². The molecule has 1 heterocycles.